The van der Waals surface area contributed by atoms with Gasteiger partial charge in [0.2, 0.25) is 17.7 Å². The number of pyridine rings is 1. The summed E-state index contributed by atoms with van der Waals surface area (Å²) in [5.41, 5.74) is 3.10. The van der Waals surface area contributed by atoms with Gasteiger partial charge in [0.1, 0.15) is 18.1 Å². The Morgan fingerprint density at radius 3 is 2.35 bits per heavy atom. The third-order valence-electron chi connectivity index (χ3n) is 13.8. The molecule has 21 heteroatoms. The number of nitrogens with one attached hydrogen (secondary N) is 4. The molecule has 19 nitrogen and oxygen atoms in total. The van der Waals surface area contributed by atoms with Crippen molar-refractivity contribution in [3.63, 3.8) is 0 Å². The number of amides is 5. The number of carbonyl (C=O) groups is 5. The number of imide groups is 2. The molecule has 1 aliphatic carbocycles. The summed E-state index contributed by atoms with van der Waals surface area (Å²) in [5, 5.41) is 15.4. The zero-order chi connectivity index (χ0) is 49.8. The number of halogens is 2. The number of rotatable bonds is 24. The van der Waals surface area contributed by atoms with Crippen LogP contribution in [0.2, 0.25) is 0 Å². The second-order valence-corrected chi connectivity index (χ2v) is 19.3. The summed E-state index contributed by atoms with van der Waals surface area (Å²) in [6, 6.07) is 15.0. The fourth-order valence-electron chi connectivity index (χ4n) is 9.81. The van der Waals surface area contributed by atoms with E-state index in [0.717, 1.165) is 75.5 Å². The Kier molecular flexibility index (Phi) is 14.5. The quantitative estimate of drug-likeness (QED) is 0.0448. The number of aryl methyl sites for hydroxylation is 1. The van der Waals surface area contributed by atoms with Crippen LogP contribution in [0.15, 0.2) is 77.7 Å². The molecule has 2 aromatic carbocycles. The second-order valence-electron chi connectivity index (χ2n) is 19.3. The van der Waals surface area contributed by atoms with Crippen LogP contribution in [-0.4, -0.2) is 149 Å². The van der Waals surface area contributed by atoms with Crippen LogP contribution >= 0.6 is 0 Å². The van der Waals surface area contributed by atoms with Crippen molar-refractivity contribution >= 4 is 46.7 Å². The number of unbranched alkanes of at least 4 members (excludes halogenated alkanes) is 1. The minimum atomic E-state index is -2.92. The molecule has 72 heavy (non-hydrogen) atoms. The first kappa shape index (κ1) is 48.7. The van der Waals surface area contributed by atoms with Gasteiger partial charge >= 0.3 is 0 Å². The highest BCUT2D eigenvalue weighted by atomic mass is 19.3. The summed E-state index contributed by atoms with van der Waals surface area (Å²) in [4.78, 5) is 77.4. The van der Waals surface area contributed by atoms with E-state index in [4.69, 9.17) is 13.9 Å². The number of carbonyl (C=O) groups excluding carboxylic acids is 5. The number of nitrogens with zero attached hydrogens (tertiary/aromatic N) is 7. The Bertz CT molecular complexity index is 2800. The molecule has 1 unspecified atom stereocenters. The Hall–Kier alpha value is -6.94. The Morgan fingerprint density at radius 2 is 1.61 bits per heavy atom. The van der Waals surface area contributed by atoms with E-state index >= 15 is 0 Å². The van der Waals surface area contributed by atoms with Gasteiger partial charge in [-0.2, -0.15) is 5.10 Å². The summed E-state index contributed by atoms with van der Waals surface area (Å²) in [7, 11) is 0. The van der Waals surface area contributed by atoms with E-state index in [-0.39, 0.29) is 41.2 Å². The summed E-state index contributed by atoms with van der Waals surface area (Å²) in [6.07, 6.45) is 6.56. The first-order valence-corrected chi connectivity index (χ1v) is 24.6. The van der Waals surface area contributed by atoms with Crippen LogP contribution in [-0.2, 0) is 25.5 Å². The molecule has 1 saturated carbocycles. The zero-order valence-corrected chi connectivity index (χ0v) is 39.7. The van der Waals surface area contributed by atoms with E-state index in [0.29, 0.717) is 67.1 Å². The normalized spacial score (nSPS) is 18.6. The third kappa shape index (κ3) is 11.2. The van der Waals surface area contributed by atoms with Crippen molar-refractivity contribution in [1.82, 2.24) is 39.8 Å². The van der Waals surface area contributed by atoms with Crippen LogP contribution in [0, 0.1) is 11.3 Å². The minimum Gasteiger partial charge on any atom is -0.444 e. The van der Waals surface area contributed by atoms with Gasteiger partial charge in [0.25, 0.3) is 24.1 Å². The molecule has 0 radical (unpaired) electrons. The van der Waals surface area contributed by atoms with Gasteiger partial charge in [-0.25, -0.2) is 23.4 Å². The molecule has 4 aliphatic heterocycles. The Morgan fingerprint density at radius 1 is 0.861 bits per heavy atom. The molecule has 7 heterocycles. The molecule has 0 bridgehead atoms. The molecule has 5 aromatic rings. The van der Waals surface area contributed by atoms with Crippen molar-refractivity contribution in [3.05, 3.63) is 101 Å². The first-order valence-electron chi connectivity index (χ1n) is 24.6. The van der Waals surface area contributed by atoms with E-state index in [1.807, 2.05) is 24.3 Å². The lowest BCUT2D eigenvalue weighted by Gasteiger charge is -2.60. The molecule has 10 rings (SSSR count). The average molecular weight is 990 g/mol. The number of hydrogen-bond donors (Lipinski definition) is 4. The predicted octanol–water partition coefficient (Wildman–Crippen LogP) is 5.42. The van der Waals surface area contributed by atoms with Crippen LogP contribution in [0.4, 0.5) is 26.0 Å². The van der Waals surface area contributed by atoms with E-state index in [1.165, 1.54) is 30.0 Å². The first-order chi connectivity index (χ1) is 35.0. The number of hydrogen-bond acceptors (Lipinski definition) is 15. The van der Waals surface area contributed by atoms with Gasteiger partial charge < -0.3 is 29.8 Å². The molecular formula is C51H57F2N11O8. The number of anilines is 3. The number of benzene rings is 2. The molecular weight excluding hydrogens is 933 g/mol. The summed E-state index contributed by atoms with van der Waals surface area (Å²) in [6.45, 7) is 9.83. The fourth-order valence-corrected chi connectivity index (χ4v) is 9.81. The summed E-state index contributed by atoms with van der Waals surface area (Å²) >= 11 is 0. The molecule has 378 valence electrons. The lowest BCUT2D eigenvalue weighted by molar-refractivity contribution is -0.136. The minimum absolute atomic E-state index is 0.0598. The van der Waals surface area contributed by atoms with E-state index in [2.05, 4.69) is 46.1 Å². The lowest BCUT2D eigenvalue weighted by Crippen LogP contribution is -2.72. The van der Waals surface area contributed by atoms with Crippen molar-refractivity contribution in [3.8, 4) is 17.1 Å². The van der Waals surface area contributed by atoms with Crippen molar-refractivity contribution in [2.75, 3.05) is 94.7 Å². The van der Waals surface area contributed by atoms with Gasteiger partial charge in [-0.05, 0) is 92.5 Å². The molecule has 1 atom stereocenters. The van der Waals surface area contributed by atoms with Crippen LogP contribution in [0.3, 0.4) is 0 Å². The second kappa shape index (κ2) is 21.4. The van der Waals surface area contributed by atoms with Crippen molar-refractivity contribution in [2.45, 2.75) is 57.4 Å². The summed E-state index contributed by atoms with van der Waals surface area (Å²) < 4.78 is 46.9. The number of fused-ring (bicyclic) bond motifs is 1. The van der Waals surface area contributed by atoms with Crippen LogP contribution in [0.5, 0.6) is 0 Å². The molecule has 5 aliphatic rings. The highest BCUT2D eigenvalue weighted by Gasteiger charge is 2.51. The number of oxazole rings is 1. The molecule has 5 amide bonds. The standard InChI is InChI=1S/C51H57F2N11O8/c52-45(53)44-39(57-46(66)40-27-72-48(58-40)34-14-15-55-42(23-34)56-25-33-4-5-33)26-63(60-44)36-9-6-32(7-10-36)3-1-2-19-70-21-17-61-28-51(29-61)30-62(31-51)18-22-71-20-16-54-35-8-11-37-38(24-35)50(69)64(49(37)68)41-12-13-43(65)59-47(41)67/h6-11,14-15,23-24,26-27,33,41,45,54H,1-5,12-13,16-22,25,28-31H2,(H,55,56)(H,57,66)(H,59,65,67). The summed E-state index contributed by atoms with van der Waals surface area (Å²) in [5.74, 6) is -1.25. The smallest absolute Gasteiger partial charge is 0.284 e. The molecule has 3 aromatic heterocycles. The Balaban J connectivity index is 0.566. The monoisotopic (exact) mass is 989 g/mol. The number of alkyl halides is 2. The highest BCUT2D eigenvalue weighted by molar-refractivity contribution is 6.23. The Labute approximate surface area is 414 Å². The SMILES string of the molecule is O=C1CCC(N2C(=O)c3ccc(NCCOCCN4CC5(CN(CCOCCCCc6ccc(-n7cc(NC(=O)c8coc(-c9ccnc(NCC%10CC%10)c9)n8)c(C(F)F)n7)cc6)C5)C4)cc3C2=O)C(=O)N1. The van der Waals surface area contributed by atoms with Crippen LogP contribution in [0.1, 0.15) is 87.4 Å². The van der Waals surface area contributed by atoms with E-state index in [9.17, 15) is 32.8 Å². The maximum Gasteiger partial charge on any atom is 0.284 e. The largest absolute Gasteiger partial charge is 0.444 e. The molecule has 1 spiro atoms. The van der Waals surface area contributed by atoms with Gasteiger partial charge in [0.15, 0.2) is 11.4 Å². The van der Waals surface area contributed by atoms with Crippen molar-refractivity contribution < 1.29 is 46.6 Å². The zero-order valence-electron chi connectivity index (χ0n) is 39.7. The predicted molar refractivity (Wildman–Crippen MR) is 259 cm³/mol. The fraction of sp³-hybridized carbons (Fsp3) is 0.451. The van der Waals surface area contributed by atoms with E-state index < -0.39 is 47.7 Å². The number of likely N-dealkylation sites (tertiary alicyclic amines) is 2. The maximum absolute atomic E-state index is 14.1. The lowest BCUT2D eigenvalue weighted by atomic mass is 9.73. The number of piperidine rings is 1. The van der Waals surface area contributed by atoms with Crippen LogP contribution in [0.25, 0.3) is 17.1 Å². The maximum atomic E-state index is 14.1. The van der Waals surface area contributed by atoms with Gasteiger partial charge in [-0.15, -0.1) is 0 Å². The van der Waals surface area contributed by atoms with Crippen molar-refractivity contribution in [1.29, 1.82) is 0 Å². The number of ether oxygens (including phenoxy) is 2. The topological polar surface area (TPSA) is 218 Å². The molecule has 3 saturated heterocycles. The molecule has 4 fully saturated rings. The highest BCUT2D eigenvalue weighted by Crippen LogP contribution is 2.39. The number of aromatic nitrogens is 4. The van der Waals surface area contributed by atoms with Gasteiger partial charge in [0.05, 0.1) is 48.5 Å². The molecule has 4 N–H and O–H groups in total. The van der Waals surface area contributed by atoms with Gasteiger partial charge in [0, 0.05) is 88.2 Å². The van der Waals surface area contributed by atoms with Crippen LogP contribution < -0.4 is 21.3 Å². The third-order valence-corrected chi connectivity index (χ3v) is 13.8. The van der Waals surface area contributed by atoms with Crippen molar-refractivity contribution in [2.24, 2.45) is 11.3 Å². The van der Waals surface area contributed by atoms with Gasteiger partial charge in [-0.3, -0.25) is 44.0 Å². The average Bonchev–Trinajstić information content (AvgIpc) is 3.76. The van der Waals surface area contributed by atoms with Gasteiger partial charge in [-0.1, -0.05) is 12.1 Å². The van der Waals surface area contributed by atoms with E-state index in [1.54, 1.807) is 36.5 Å².